The molecule has 0 radical (unpaired) electrons. The highest BCUT2D eigenvalue weighted by molar-refractivity contribution is 6.30. The number of hydrogen-bond acceptors (Lipinski definition) is 3. The van der Waals surface area contributed by atoms with Crippen LogP contribution in [-0.4, -0.2) is 32.6 Å². The van der Waals surface area contributed by atoms with E-state index < -0.39 is 0 Å². The number of rotatable bonds is 6. The van der Waals surface area contributed by atoms with Crippen molar-refractivity contribution >= 4 is 23.2 Å². The van der Waals surface area contributed by atoms with Gasteiger partial charge in [0.15, 0.2) is 0 Å². The van der Waals surface area contributed by atoms with Crippen LogP contribution in [-0.2, 0) is 11.3 Å². The minimum atomic E-state index is 0.0790. The number of likely N-dealkylation sites (N-methyl/N-ethyl adjacent to an activating group) is 1. The van der Waals surface area contributed by atoms with Crippen molar-refractivity contribution in [3.05, 3.63) is 28.8 Å². The molecule has 1 saturated carbocycles. The summed E-state index contributed by atoms with van der Waals surface area (Å²) in [5, 5.41) is 6.82. The third-order valence-corrected chi connectivity index (χ3v) is 3.38. The standard InChI is InChI=1S/C14H20ClN3O/c1-16-8-10-7-11(15)3-6-13(10)18(2)9-14(19)17-12-4-5-12/h3,6-7,12,16H,4-5,8-9H2,1-2H3,(H,17,19). The number of halogens is 1. The van der Waals surface area contributed by atoms with E-state index in [-0.39, 0.29) is 5.91 Å². The molecular weight excluding hydrogens is 262 g/mol. The van der Waals surface area contributed by atoms with Crippen molar-refractivity contribution in [2.24, 2.45) is 0 Å². The Balaban J connectivity index is 2.03. The van der Waals surface area contributed by atoms with Crippen LogP contribution in [0.3, 0.4) is 0 Å². The number of benzene rings is 1. The third kappa shape index (κ3) is 4.11. The Morgan fingerprint density at radius 2 is 2.21 bits per heavy atom. The van der Waals surface area contributed by atoms with Gasteiger partial charge in [0.2, 0.25) is 5.91 Å². The zero-order valence-corrected chi connectivity index (χ0v) is 12.1. The fraction of sp³-hybridized carbons (Fsp3) is 0.500. The zero-order valence-electron chi connectivity index (χ0n) is 11.4. The van der Waals surface area contributed by atoms with Gasteiger partial charge in [-0.2, -0.15) is 0 Å². The van der Waals surface area contributed by atoms with Crippen molar-refractivity contribution in [3.63, 3.8) is 0 Å². The Bertz CT molecular complexity index is 460. The summed E-state index contributed by atoms with van der Waals surface area (Å²) in [5.41, 5.74) is 2.13. The van der Waals surface area contributed by atoms with E-state index in [2.05, 4.69) is 10.6 Å². The van der Waals surface area contributed by atoms with Gasteiger partial charge < -0.3 is 15.5 Å². The van der Waals surface area contributed by atoms with Gasteiger partial charge >= 0.3 is 0 Å². The first-order valence-corrected chi connectivity index (χ1v) is 6.91. The Morgan fingerprint density at radius 1 is 1.47 bits per heavy atom. The summed E-state index contributed by atoms with van der Waals surface area (Å²) in [6.45, 7) is 1.10. The maximum Gasteiger partial charge on any atom is 0.239 e. The predicted octanol–water partition coefficient (Wildman–Crippen LogP) is 1.77. The van der Waals surface area contributed by atoms with Gasteiger partial charge in [-0.15, -0.1) is 0 Å². The second-order valence-electron chi connectivity index (χ2n) is 5.00. The minimum Gasteiger partial charge on any atom is -0.365 e. The molecule has 5 heteroatoms. The highest BCUT2D eigenvalue weighted by Gasteiger charge is 2.23. The molecule has 0 heterocycles. The fourth-order valence-corrected chi connectivity index (χ4v) is 2.25. The highest BCUT2D eigenvalue weighted by atomic mass is 35.5. The lowest BCUT2D eigenvalue weighted by Crippen LogP contribution is -2.36. The molecule has 0 atom stereocenters. The smallest absolute Gasteiger partial charge is 0.239 e. The van der Waals surface area contributed by atoms with Gasteiger partial charge in [-0.3, -0.25) is 4.79 Å². The second-order valence-corrected chi connectivity index (χ2v) is 5.44. The first kappa shape index (κ1) is 14.2. The van der Waals surface area contributed by atoms with Crippen LogP contribution < -0.4 is 15.5 Å². The van der Waals surface area contributed by atoms with Gasteiger partial charge in [0, 0.05) is 30.3 Å². The van der Waals surface area contributed by atoms with E-state index in [0.717, 1.165) is 30.6 Å². The number of nitrogens with one attached hydrogen (secondary N) is 2. The van der Waals surface area contributed by atoms with Crippen LogP contribution in [0.2, 0.25) is 5.02 Å². The van der Waals surface area contributed by atoms with Crippen molar-refractivity contribution in [1.29, 1.82) is 0 Å². The number of hydrogen-bond donors (Lipinski definition) is 2. The van der Waals surface area contributed by atoms with Crippen molar-refractivity contribution in [3.8, 4) is 0 Å². The summed E-state index contributed by atoms with van der Waals surface area (Å²) >= 11 is 6.01. The number of nitrogens with zero attached hydrogens (tertiary/aromatic N) is 1. The molecule has 19 heavy (non-hydrogen) atoms. The van der Waals surface area contributed by atoms with E-state index in [1.54, 1.807) is 0 Å². The van der Waals surface area contributed by atoms with Crippen molar-refractivity contribution < 1.29 is 4.79 Å². The maximum absolute atomic E-state index is 11.8. The number of carbonyl (C=O) groups is 1. The molecule has 1 aliphatic carbocycles. The van der Waals surface area contributed by atoms with Gasteiger partial charge in [0.1, 0.15) is 0 Å². The van der Waals surface area contributed by atoms with Gasteiger partial charge in [-0.25, -0.2) is 0 Å². The zero-order chi connectivity index (χ0) is 13.8. The molecule has 0 spiro atoms. The molecule has 104 valence electrons. The molecule has 2 rings (SSSR count). The van der Waals surface area contributed by atoms with E-state index in [1.807, 2.05) is 37.2 Å². The van der Waals surface area contributed by atoms with Crippen molar-refractivity contribution in [2.75, 3.05) is 25.5 Å². The summed E-state index contributed by atoms with van der Waals surface area (Å²) in [5.74, 6) is 0.0790. The molecule has 1 aliphatic rings. The van der Waals surface area contributed by atoms with Crippen LogP contribution in [0.1, 0.15) is 18.4 Å². The lowest BCUT2D eigenvalue weighted by Gasteiger charge is -2.22. The number of anilines is 1. The quantitative estimate of drug-likeness (QED) is 0.835. The monoisotopic (exact) mass is 281 g/mol. The topological polar surface area (TPSA) is 44.4 Å². The molecule has 1 aromatic rings. The molecule has 1 fully saturated rings. The summed E-state index contributed by atoms with van der Waals surface area (Å²) in [6, 6.07) is 6.15. The van der Waals surface area contributed by atoms with E-state index in [4.69, 9.17) is 11.6 Å². The Hall–Kier alpha value is -1.26. The lowest BCUT2D eigenvalue weighted by molar-refractivity contribution is -0.119. The molecule has 0 saturated heterocycles. The molecule has 0 aliphatic heterocycles. The molecule has 0 bridgehead atoms. The van der Waals surface area contributed by atoms with Gasteiger partial charge in [0.05, 0.1) is 6.54 Å². The molecule has 1 amide bonds. The predicted molar refractivity (Wildman–Crippen MR) is 78.7 cm³/mol. The van der Waals surface area contributed by atoms with E-state index >= 15 is 0 Å². The summed E-state index contributed by atoms with van der Waals surface area (Å²) in [4.78, 5) is 13.8. The Morgan fingerprint density at radius 3 is 2.84 bits per heavy atom. The summed E-state index contributed by atoms with van der Waals surface area (Å²) < 4.78 is 0. The van der Waals surface area contributed by atoms with Crippen molar-refractivity contribution in [2.45, 2.75) is 25.4 Å². The Labute approximate surface area is 119 Å². The first-order chi connectivity index (χ1) is 9.10. The number of carbonyl (C=O) groups excluding carboxylic acids is 1. The van der Waals surface area contributed by atoms with Gasteiger partial charge in [-0.05, 0) is 43.7 Å². The van der Waals surface area contributed by atoms with E-state index in [1.165, 1.54) is 0 Å². The lowest BCUT2D eigenvalue weighted by atomic mass is 10.1. The van der Waals surface area contributed by atoms with Crippen LogP contribution in [0.15, 0.2) is 18.2 Å². The maximum atomic E-state index is 11.8. The second kappa shape index (κ2) is 6.26. The van der Waals surface area contributed by atoms with Crippen LogP contribution in [0, 0.1) is 0 Å². The summed E-state index contributed by atoms with van der Waals surface area (Å²) in [6.07, 6.45) is 2.23. The van der Waals surface area contributed by atoms with Crippen LogP contribution in [0.25, 0.3) is 0 Å². The van der Waals surface area contributed by atoms with E-state index in [9.17, 15) is 4.79 Å². The van der Waals surface area contributed by atoms with Crippen LogP contribution in [0.4, 0.5) is 5.69 Å². The molecular formula is C14H20ClN3O. The largest absolute Gasteiger partial charge is 0.365 e. The van der Waals surface area contributed by atoms with Gasteiger partial charge in [0.25, 0.3) is 0 Å². The van der Waals surface area contributed by atoms with Crippen LogP contribution >= 0.6 is 11.6 Å². The van der Waals surface area contributed by atoms with Crippen molar-refractivity contribution in [1.82, 2.24) is 10.6 Å². The summed E-state index contributed by atoms with van der Waals surface area (Å²) in [7, 11) is 3.82. The van der Waals surface area contributed by atoms with Gasteiger partial charge in [-0.1, -0.05) is 11.6 Å². The molecule has 0 aromatic heterocycles. The average Bonchev–Trinajstić information content (AvgIpc) is 3.13. The molecule has 1 aromatic carbocycles. The third-order valence-electron chi connectivity index (χ3n) is 3.14. The molecule has 4 nitrogen and oxygen atoms in total. The number of amides is 1. The van der Waals surface area contributed by atoms with Crippen LogP contribution in [0.5, 0.6) is 0 Å². The highest BCUT2D eigenvalue weighted by Crippen LogP contribution is 2.24. The SMILES string of the molecule is CNCc1cc(Cl)ccc1N(C)CC(=O)NC1CC1. The normalized spacial score (nSPS) is 14.3. The first-order valence-electron chi connectivity index (χ1n) is 6.53. The fourth-order valence-electron chi connectivity index (χ4n) is 2.06. The Kier molecular flexibility index (Phi) is 4.66. The van der Waals surface area contributed by atoms with E-state index in [0.29, 0.717) is 17.6 Å². The average molecular weight is 282 g/mol. The molecule has 2 N–H and O–H groups in total. The minimum absolute atomic E-state index is 0.0790. The molecule has 0 unspecified atom stereocenters.